The Morgan fingerprint density at radius 2 is 2.06 bits per heavy atom. The predicted octanol–water partition coefficient (Wildman–Crippen LogP) is 2.99. The van der Waals surface area contributed by atoms with Crippen LogP contribution < -0.4 is 0 Å². The lowest BCUT2D eigenvalue weighted by Gasteiger charge is -2.34. The second kappa shape index (κ2) is 7.59. The van der Waals surface area contributed by atoms with Crippen molar-refractivity contribution in [3.05, 3.63) is 0 Å². The van der Waals surface area contributed by atoms with Gasteiger partial charge in [-0.3, -0.25) is 0 Å². The van der Waals surface area contributed by atoms with Crippen molar-refractivity contribution in [2.24, 2.45) is 0 Å². The third-order valence-corrected chi connectivity index (χ3v) is 5.61. The van der Waals surface area contributed by atoms with Crippen LogP contribution in [0.5, 0.6) is 0 Å². The standard InChI is InChI=1S/C12H24ClNO2S/c1-2-7-12-8-3-5-10-14(12)17(15,16)11-6-4-9-13/h12H,2-11H2,1H3. The zero-order chi connectivity index (χ0) is 12.7. The molecule has 0 aliphatic carbocycles. The molecule has 1 atom stereocenters. The lowest BCUT2D eigenvalue weighted by molar-refractivity contribution is 0.239. The first kappa shape index (κ1) is 15.3. The van der Waals surface area contributed by atoms with Crippen molar-refractivity contribution >= 4 is 21.6 Å². The molecule has 1 aliphatic heterocycles. The average molecular weight is 282 g/mol. The monoisotopic (exact) mass is 281 g/mol. The summed E-state index contributed by atoms with van der Waals surface area (Å²) in [7, 11) is -3.05. The van der Waals surface area contributed by atoms with Crippen molar-refractivity contribution in [2.45, 2.75) is 57.9 Å². The van der Waals surface area contributed by atoms with Crippen LogP contribution in [0, 0.1) is 0 Å². The molecular weight excluding hydrogens is 258 g/mol. The van der Waals surface area contributed by atoms with Gasteiger partial charge in [-0.1, -0.05) is 19.8 Å². The van der Waals surface area contributed by atoms with E-state index in [4.69, 9.17) is 11.6 Å². The minimum atomic E-state index is -3.05. The fraction of sp³-hybridized carbons (Fsp3) is 1.00. The van der Waals surface area contributed by atoms with E-state index >= 15 is 0 Å². The Morgan fingerprint density at radius 3 is 2.71 bits per heavy atom. The van der Waals surface area contributed by atoms with E-state index in [9.17, 15) is 8.42 Å². The largest absolute Gasteiger partial charge is 0.214 e. The van der Waals surface area contributed by atoms with E-state index in [1.807, 2.05) is 0 Å². The maximum atomic E-state index is 12.2. The lowest BCUT2D eigenvalue weighted by Crippen LogP contribution is -2.44. The molecule has 17 heavy (non-hydrogen) atoms. The molecule has 1 aliphatic rings. The highest BCUT2D eigenvalue weighted by Gasteiger charge is 2.30. The molecule has 0 bridgehead atoms. The number of halogens is 1. The lowest BCUT2D eigenvalue weighted by atomic mass is 10.0. The molecule has 0 aromatic heterocycles. The Bertz CT molecular complexity index is 304. The Kier molecular flexibility index (Phi) is 6.82. The smallest absolute Gasteiger partial charge is 0.212 e. The van der Waals surface area contributed by atoms with Crippen LogP contribution in [-0.4, -0.2) is 36.9 Å². The number of piperidine rings is 1. The zero-order valence-corrected chi connectivity index (χ0v) is 12.3. The van der Waals surface area contributed by atoms with Crippen molar-refractivity contribution in [3.63, 3.8) is 0 Å². The van der Waals surface area contributed by atoms with Crippen LogP contribution in [0.2, 0.25) is 0 Å². The van der Waals surface area contributed by atoms with Crippen molar-refractivity contribution in [3.8, 4) is 0 Å². The Labute approximate surface area is 111 Å². The molecule has 0 aromatic carbocycles. The number of hydrogen-bond acceptors (Lipinski definition) is 2. The van der Waals surface area contributed by atoms with Gasteiger partial charge < -0.3 is 0 Å². The summed E-state index contributed by atoms with van der Waals surface area (Å²) in [5.41, 5.74) is 0. The Morgan fingerprint density at radius 1 is 1.29 bits per heavy atom. The van der Waals surface area contributed by atoms with E-state index in [0.29, 0.717) is 18.8 Å². The van der Waals surface area contributed by atoms with Crippen LogP contribution in [-0.2, 0) is 10.0 Å². The van der Waals surface area contributed by atoms with Gasteiger partial charge in [0.05, 0.1) is 5.75 Å². The average Bonchev–Trinajstić information content (AvgIpc) is 2.30. The van der Waals surface area contributed by atoms with E-state index in [0.717, 1.165) is 32.1 Å². The topological polar surface area (TPSA) is 37.4 Å². The number of nitrogens with zero attached hydrogens (tertiary/aromatic N) is 1. The molecule has 0 amide bonds. The third kappa shape index (κ3) is 4.76. The normalized spacial score (nSPS) is 22.8. The van der Waals surface area contributed by atoms with Crippen LogP contribution in [0.15, 0.2) is 0 Å². The van der Waals surface area contributed by atoms with Crippen LogP contribution in [0.4, 0.5) is 0 Å². The van der Waals surface area contributed by atoms with Gasteiger partial charge in [0.15, 0.2) is 0 Å². The molecule has 0 N–H and O–H groups in total. The van der Waals surface area contributed by atoms with Crippen molar-refractivity contribution < 1.29 is 8.42 Å². The van der Waals surface area contributed by atoms with Crippen molar-refractivity contribution in [1.29, 1.82) is 0 Å². The third-order valence-electron chi connectivity index (χ3n) is 3.34. The first-order valence-corrected chi connectivity index (χ1v) is 8.81. The Balaban J connectivity index is 2.59. The fourth-order valence-electron chi connectivity index (χ4n) is 2.46. The summed E-state index contributed by atoms with van der Waals surface area (Å²) in [6, 6.07) is 0.245. The quantitative estimate of drug-likeness (QED) is 0.531. The summed E-state index contributed by atoms with van der Waals surface area (Å²) in [6.07, 6.45) is 6.72. The van der Waals surface area contributed by atoms with Gasteiger partial charge in [-0.2, -0.15) is 4.31 Å². The SMILES string of the molecule is CCCC1CCCCN1S(=O)(=O)CCCCCl. The molecular formula is C12H24ClNO2S. The number of sulfonamides is 1. The van der Waals surface area contributed by atoms with Gasteiger partial charge >= 0.3 is 0 Å². The van der Waals surface area contributed by atoms with Gasteiger partial charge in [0.1, 0.15) is 0 Å². The summed E-state index contributed by atoms with van der Waals surface area (Å²) in [5, 5.41) is 0. The predicted molar refractivity (Wildman–Crippen MR) is 73.0 cm³/mol. The van der Waals surface area contributed by atoms with Crippen LogP contribution in [0.25, 0.3) is 0 Å². The summed E-state index contributed by atoms with van der Waals surface area (Å²) < 4.78 is 26.2. The molecule has 5 heteroatoms. The van der Waals surface area contributed by atoms with Crippen LogP contribution >= 0.6 is 11.6 Å². The first-order chi connectivity index (χ1) is 8.11. The highest BCUT2D eigenvalue weighted by Crippen LogP contribution is 2.24. The van der Waals surface area contributed by atoms with Gasteiger partial charge in [-0.15, -0.1) is 11.6 Å². The maximum absolute atomic E-state index is 12.2. The van der Waals surface area contributed by atoms with Gasteiger partial charge in [0.25, 0.3) is 0 Å². The summed E-state index contributed by atoms with van der Waals surface area (Å²) in [5.74, 6) is 0.813. The summed E-state index contributed by atoms with van der Waals surface area (Å²) in [6.45, 7) is 2.83. The number of hydrogen-bond donors (Lipinski definition) is 0. The molecule has 1 heterocycles. The highest BCUT2D eigenvalue weighted by atomic mass is 35.5. The second-order valence-electron chi connectivity index (χ2n) is 4.76. The fourth-order valence-corrected chi connectivity index (χ4v) is 4.52. The van der Waals surface area contributed by atoms with Crippen LogP contribution in [0.1, 0.15) is 51.9 Å². The van der Waals surface area contributed by atoms with Crippen molar-refractivity contribution in [1.82, 2.24) is 4.31 Å². The highest BCUT2D eigenvalue weighted by molar-refractivity contribution is 7.89. The first-order valence-electron chi connectivity index (χ1n) is 6.67. The number of unbranched alkanes of at least 4 members (excludes halogenated alkanes) is 1. The van der Waals surface area contributed by atoms with E-state index in [1.54, 1.807) is 4.31 Å². The molecule has 1 fully saturated rings. The minimum absolute atomic E-state index is 0.245. The van der Waals surface area contributed by atoms with Crippen LogP contribution in [0.3, 0.4) is 0 Å². The summed E-state index contributed by atoms with van der Waals surface area (Å²) >= 11 is 5.59. The van der Waals surface area contributed by atoms with Gasteiger partial charge in [0.2, 0.25) is 10.0 Å². The Hall–Kier alpha value is 0.200. The number of alkyl halides is 1. The van der Waals surface area contributed by atoms with E-state index in [2.05, 4.69) is 6.92 Å². The molecule has 0 spiro atoms. The summed E-state index contributed by atoms with van der Waals surface area (Å²) in [4.78, 5) is 0. The maximum Gasteiger partial charge on any atom is 0.214 e. The molecule has 1 unspecified atom stereocenters. The molecule has 102 valence electrons. The van der Waals surface area contributed by atoms with Gasteiger partial charge in [0, 0.05) is 18.5 Å². The molecule has 1 saturated heterocycles. The molecule has 0 aromatic rings. The molecule has 3 nitrogen and oxygen atoms in total. The van der Waals surface area contributed by atoms with E-state index in [1.165, 1.54) is 6.42 Å². The van der Waals surface area contributed by atoms with Crippen molar-refractivity contribution in [2.75, 3.05) is 18.2 Å². The molecule has 0 radical (unpaired) electrons. The molecule has 1 rings (SSSR count). The zero-order valence-electron chi connectivity index (χ0n) is 10.7. The van der Waals surface area contributed by atoms with Gasteiger partial charge in [-0.05, 0) is 32.1 Å². The van der Waals surface area contributed by atoms with E-state index in [-0.39, 0.29) is 11.8 Å². The van der Waals surface area contributed by atoms with E-state index < -0.39 is 10.0 Å². The number of rotatable bonds is 7. The second-order valence-corrected chi connectivity index (χ2v) is 7.18. The minimum Gasteiger partial charge on any atom is -0.212 e. The molecule has 0 saturated carbocycles. The van der Waals surface area contributed by atoms with Gasteiger partial charge in [-0.25, -0.2) is 8.42 Å².